The fourth-order valence-corrected chi connectivity index (χ4v) is 2.66. The van der Waals surface area contributed by atoms with E-state index in [1.807, 2.05) is 0 Å². The molecule has 116 valence electrons. The van der Waals surface area contributed by atoms with Crippen molar-refractivity contribution in [2.75, 3.05) is 38.4 Å². The zero-order valence-electron chi connectivity index (χ0n) is 12.4. The number of rotatable bonds is 7. The smallest absolute Gasteiger partial charge is 0.340 e. The first-order valence-electron chi connectivity index (χ1n) is 6.91. The predicted molar refractivity (Wildman–Crippen MR) is 83.9 cm³/mol. The fourth-order valence-electron chi connectivity index (χ4n) is 2.36. The van der Waals surface area contributed by atoms with Crippen molar-refractivity contribution in [2.24, 2.45) is 5.41 Å². The van der Waals surface area contributed by atoms with Gasteiger partial charge < -0.3 is 20.5 Å². The summed E-state index contributed by atoms with van der Waals surface area (Å²) in [7, 11) is 3.04. The molecule has 0 saturated heterocycles. The van der Waals surface area contributed by atoms with E-state index < -0.39 is 5.97 Å². The Morgan fingerprint density at radius 1 is 1.43 bits per heavy atom. The van der Waals surface area contributed by atoms with Crippen LogP contribution >= 0.6 is 11.6 Å². The lowest BCUT2D eigenvalue weighted by atomic mass is 10.0. The summed E-state index contributed by atoms with van der Waals surface area (Å²) in [5, 5.41) is 3.72. The Morgan fingerprint density at radius 2 is 2.14 bits per heavy atom. The highest BCUT2D eigenvalue weighted by molar-refractivity contribution is 6.34. The quantitative estimate of drug-likeness (QED) is 0.598. The summed E-state index contributed by atoms with van der Waals surface area (Å²) in [5.41, 5.74) is 7.38. The third kappa shape index (κ3) is 3.80. The maximum Gasteiger partial charge on any atom is 0.340 e. The maximum absolute atomic E-state index is 11.9. The SMILES string of the molecule is COCCC1(CNc2c(Cl)cc(N)cc2C(=O)OC)CC1. The molecule has 1 aromatic rings. The van der Waals surface area contributed by atoms with E-state index in [9.17, 15) is 4.79 Å². The second kappa shape index (κ2) is 6.54. The van der Waals surface area contributed by atoms with Gasteiger partial charge in [-0.3, -0.25) is 0 Å². The Balaban J connectivity index is 2.14. The van der Waals surface area contributed by atoms with E-state index in [2.05, 4.69) is 5.32 Å². The molecule has 0 aromatic heterocycles. The van der Waals surface area contributed by atoms with Gasteiger partial charge in [-0.05, 0) is 36.8 Å². The summed E-state index contributed by atoms with van der Waals surface area (Å²) in [6.07, 6.45) is 3.31. The van der Waals surface area contributed by atoms with Crippen LogP contribution in [-0.2, 0) is 9.47 Å². The van der Waals surface area contributed by atoms with Crippen LogP contribution in [0.25, 0.3) is 0 Å². The molecule has 0 unspecified atom stereocenters. The number of benzene rings is 1. The Bertz CT molecular complexity index is 530. The van der Waals surface area contributed by atoms with Crippen molar-refractivity contribution in [3.63, 3.8) is 0 Å². The molecule has 5 nitrogen and oxygen atoms in total. The molecule has 1 aliphatic rings. The van der Waals surface area contributed by atoms with Crippen LogP contribution in [0.5, 0.6) is 0 Å². The van der Waals surface area contributed by atoms with Gasteiger partial charge in [0.15, 0.2) is 0 Å². The summed E-state index contributed by atoms with van der Waals surface area (Å²) in [6, 6.07) is 3.21. The van der Waals surface area contributed by atoms with Gasteiger partial charge in [0.2, 0.25) is 0 Å². The van der Waals surface area contributed by atoms with Crippen molar-refractivity contribution in [3.05, 3.63) is 22.7 Å². The van der Waals surface area contributed by atoms with Crippen LogP contribution < -0.4 is 11.1 Å². The number of nitrogens with two attached hydrogens (primary N) is 1. The molecule has 1 aliphatic carbocycles. The number of nitrogens with one attached hydrogen (secondary N) is 1. The second-order valence-electron chi connectivity index (χ2n) is 5.51. The molecule has 0 spiro atoms. The lowest BCUT2D eigenvalue weighted by Gasteiger charge is -2.19. The minimum absolute atomic E-state index is 0.244. The topological polar surface area (TPSA) is 73.6 Å². The number of anilines is 2. The molecule has 6 heteroatoms. The highest BCUT2D eigenvalue weighted by Crippen LogP contribution is 2.49. The van der Waals surface area contributed by atoms with E-state index in [1.165, 1.54) is 7.11 Å². The highest BCUT2D eigenvalue weighted by Gasteiger charge is 2.42. The molecule has 3 N–H and O–H groups in total. The van der Waals surface area contributed by atoms with Crippen LogP contribution in [0.4, 0.5) is 11.4 Å². The number of esters is 1. The first-order valence-corrected chi connectivity index (χ1v) is 7.29. The normalized spacial score (nSPS) is 15.6. The number of halogens is 1. The van der Waals surface area contributed by atoms with Gasteiger partial charge in [0, 0.05) is 25.9 Å². The molecular formula is C15H21ClN2O3. The van der Waals surface area contributed by atoms with Gasteiger partial charge in [0.05, 0.1) is 23.4 Å². The molecule has 0 atom stereocenters. The molecule has 0 radical (unpaired) electrons. The Hall–Kier alpha value is -1.46. The van der Waals surface area contributed by atoms with Crippen LogP contribution in [-0.4, -0.2) is 33.3 Å². The molecule has 1 fully saturated rings. The largest absolute Gasteiger partial charge is 0.465 e. The van der Waals surface area contributed by atoms with Crippen LogP contribution in [0.1, 0.15) is 29.6 Å². The van der Waals surface area contributed by atoms with E-state index in [4.69, 9.17) is 26.8 Å². The van der Waals surface area contributed by atoms with E-state index in [0.717, 1.165) is 32.4 Å². The van der Waals surface area contributed by atoms with E-state index in [-0.39, 0.29) is 5.41 Å². The van der Waals surface area contributed by atoms with Gasteiger partial charge in [-0.1, -0.05) is 11.6 Å². The number of carbonyl (C=O) groups is 1. The summed E-state index contributed by atoms with van der Waals surface area (Å²) in [6.45, 7) is 1.49. The number of hydrogen-bond donors (Lipinski definition) is 2. The zero-order valence-corrected chi connectivity index (χ0v) is 13.1. The van der Waals surface area contributed by atoms with Crippen molar-refractivity contribution >= 4 is 28.9 Å². The van der Waals surface area contributed by atoms with Crippen LogP contribution in [0, 0.1) is 5.41 Å². The third-order valence-electron chi connectivity index (χ3n) is 3.95. The van der Waals surface area contributed by atoms with Crippen LogP contribution in [0.2, 0.25) is 5.02 Å². The predicted octanol–water partition coefficient (Wildman–Crippen LogP) is 2.94. The van der Waals surface area contributed by atoms with E-state index in [0.29, 0.717) is 22.0 Å². The Kier molecular flexibility index (Phi) is 4.96. The summed E-state index contributed by atoms with van der Waals surface area (Å²) < 4.78 is 9.93. The molecule has 0 aliphatic heterocycles. The van der Waals surface area contributed by atoms with Crippen LogP contribution in [0.15, 0.2) is 12.1 Å². The monoisotopic (exact) mass is 312 g/mol. The van der Waals surface area contributed by atoms with Crippen molar-refractivity contribution in [3.8, 4) is 0 Å². The Labute approximate surface area is 129 Å². The average Bonchev–Trinajstić information content (AvgIpc) is 3.23. The lowest BCUT2D eigenvalue weighted by molar-refractivity contribution is 0.0602. The van der Waals surface area contributed by atoms with Crippen molar-refractivity contribution in [1.29, 1.82) is 0 Å². The van der Waals surface area contributed by atoms with E-state index in [1.54, 1.807) is 19.2 Å². The van der Waals surface area contributed by atoms with Crippen molar-refractivity contribution in [2.45, 2.75) is 19.3 Å². The minimum atomic E-state index is -0.451. The summed E-state index contributed by atoms with van der Waals surface area (Å²) in [5.74, 6) is -0.451. The molecule has 21 heavy (non-hydrogen) atoms. The average molecular weight is 313 g/mol. The fraction of sp³-hybridized carbons (Fsp3) is 0.533. The van der Waals surface area contributed by atoms with Gasteiger partial charge in [-0.15, -0.1) is 0 Å². The van der Waals surface area contributed by atoms with Gasteiger partial charge in [0.25, 0.3) is 0 Å². The number of methoxy groups -OCH3 is 2. The molecular weight excluding hydrogens is 292 g/mol. The number of ether oxygens (including phenoxy) is 2. The van der Waals surface area contributed by atoms with Gasteiger partial charge in [-0.25, -0.2) is 4.79 Å². The number of carbonyl (C=O) groups excluding carboxylic acids is 1. The number of hydrogen-bond acceptors (Lipinski definition) is 5. The van der Waals surface area contributed by atoms with Crippen LogP contribution in [0.3, 0.4) is 0 Å². The van der Waals surface area contributed by atoms with Crippen molar-refractivity contribution < 1.29 is 14.3 Å². The molecule has 2 rings (SSSR count). The summed E-state index contributed by atoms with van der Waals surface area (Å²) in [4.78, 5) is 11.9. The number of nitrogen functional groups attached to an aromatic ring is 1. The zero-order chi connectivity index (χ0) is 15.5. The molecule has 1 aromatic carbocycles. The van der Waals surface area contributed by atoms with Gasteiger partial charge >= 0.3 is 5.97 Å². The minimum Gasteiger partial charge on any atom is -0.465 e. The van der Waals surface area contributed by atoms with Gasteiger partial charge in [0.1, 0.15) is 0 Å². The second-order valence-corrected chi connectivity index (χ2v) is 5.92. The molecule has 0 heterocycles. The molecule has 0 amide bonds. The Morgan fingerprint density at radius 3 is 2.71 bits per heavy atom. The third-order valence-corrected chi connectivity index (χ3v) is 4.25. The first-order chi connectivity index (χ1) is 10.0. The first kappa shape index (κ1) is 15.9. The molecule has 0 bridgehead atoms. The van der Waals surface area contributed by atoms with Crippen molar-refractivity contribution in [1.82, 2.24) is 0 Å². The van der Waals surface area contributed by atoms with Gasteiger partial charge in [-0.2, -0.15) is 0 Å². The maximum atomic E-state index is 11.9. The lowest BCUT2D eigenvalue weighted by Crippen LogP contribution is -2.19. The highest BCUT2D eigenvalue weighted by atomic mass is 35.5. The standard InChI is InChI=1S/C15H21ClN2O3/c1-20-6-5-15(3-4-15)9-18-13-11(14(19)21-2)7-10(17)8-12(13)16/h7-8,18H,3-6,9,17H2,1-2H3. The summed E-state index contributed by atoms with van der Waals surface area (Å²) >= 11 is 6.21. The molecule has 1 saturated carbocycles. The van der Waals surface area contributed by atoms with E-state index >= 15 is 0 Å².